The number of carbonyl (C=O) groups is 3. The fourth-order valence-corrected chi connectivity index (χ4v) is 2.04. The van der Waals surface area contributed by atoms with Gasteiger partial charge in [0.05, 0.1) is 7.11 Å². The Morgan fingerprint density at radius 1 is 1.33 bits per heavy atom. The van der Waals surface area contributed by atoms with E-state index in [4.69, 9.17) is 0 Å². The molecule has 21 heavy (non-hydrogen) atoms. The van der Waals surface area contributed by atoms with E-state index < -0.39 is 23.7 Å². The van der Waals surface area contributed by atoms with Crippen LogP contribution in [-0.4, -0.2) is 29.8 Å². The zero-order chi connectivity index (χ0) is 15.4. The van der Waals surface area contributed by atoms with E-state index in [9.17, 15) is 14.4 Å². The third-order valence-electron chi connectivity index (χ3n) is 3.16. The quantitative estimate of drug-likeness (QED) is 0.516. The van der Waals surface area contributed by atoms with Crippen LogP contribution in [0.3, 0.4) is 0 Å². The molecule has 1 fully saturated rings. The Morgan fingerprint density at radius 3 is 2.52 bits per heavy atom. The smallest absolute Gasteiger partial charge is 0.356 e. The van der Waals surface area contributed by atoms with E-state index >= 15 is 0 Å². The van der Waals surface area contributed by atoms with E-state index in [0.29, 0.717) is 0 Å². The molecule has 1 unspecified atom stereocenters. The number of carbonyl (C=O) groups excluding carboxylic acids is 3. The van der Waals surface area contributed by atoms with Crippen LogP contribution in [0.4, 0.5) is 5.69 Å². The van der Waals surface area contributed by atoms with Crippen molar-refractivity contribution < 1.29 is 19.1 Å². The summed E-state index contributed by atoms with van der Waals surface area (Å²) in [5, 5.41) is 2.88. The predicted octanol–water partition coefficient (Wildman–Crippen LogP) is 1.51. The number of imide groups is 1. The van der Waals surface area contributed by atoms with Crippen LogP contribution >= 0.6 is 0 Å². The highest BCUT2D eigenvalue weighted by atomic mass is 16.5. The molecular weight excluding hydrogens is 272 g/mol. The number of hydrogen-bond donors (Lipinski definition) is 1. The molecule has 0 bridgehead atoms. The average Bonchev–Trinajstić information content (AvgIpc) is 2.74. The second kappa shape index (κ2) is 6.21. The highest BCUT2D eigenvalue weighted by molar-refractivity contribution is 6.10. The molecule has 0 saturated carbocycles. The summed E-state index contributed by atoms with van der Waals surface area (Å²) >= 11 is 0. The first-order valence-electron chi connectivity index (χ1n) is 6.51. The van der Waals surface area contributed by atoms with Gasteiger partial charge in [0.25, 0.3) is 0 Å². The Hall–Kier alpha value is -2.63. The molecule has 1 saturated heterocycles. The van der Waals surface area contributed by atoms with Crippen molar-refractivity contribution in [1.82, 2.24) is 4.90 Å². The van der Waals surface area contributed by atoms with Crippen LogP contribution in [0.1, 0.15) is 13.3 Å². The van der Waals surface area contributed by atoms with Crippen molar-refractivity contribution in [3.8, 4) is 0 Å². The van der Waals surface area contributed by atoms with Crippen LogP contribution in [0.2, 0.25) is 0 Å². The fraction of sp³-hybridized carbons (Fsp3) is 0.267. The normalized spacial score (nSPS) is 18.9. The Balaban J connectivity index is 2.29. The van der Waals surface area contributed by atoms with Gasteiger partial charge in [-0.05, 0) is 12.1 Å². The van der Waals surface area contributed by atoms with Crippen LogP contribution in [-0.2, 0) is 19.1 Å². The third kappa shape index (κ3) is 3.10. The highest BCUT2D eigenvalue weighted by Gasteiger charge is 2.40. The second-order valence-corrected chi connectivity index (χ2v) is 4.70. The molecule has 0 aromatic heterocycles. The topological polar surface area (TPSA) is 75.7 Å². The van der Waals surface area contributed by atoms with Gasteiger partial charge in [0.1, 0.15) is 0 Å². The number of nitrogens with zero attached hydrogens (tertiary/aromatic N) is 1. The van der Waals surface area contributed by atoms with Gasteiger partial charge in [-0.3, -0.25) is 9.59 Å². The Labute approximate surface area is 122 Å². The van der Waals surface area contributed by atoms with Gasteiger partial charge in [-0.25, -0.2) is 9.69 Å². The number of benzene rings is 1. The maximum absolute atomic E-state index is 12.0. The molecule has 110 valence electrons. The maximum Gasteiger partial charge on any atom is 0.356 e. The summed E-state index contributed by atoms with van der Waals surface area (Å²) in [5.74, 6) is -1.97. The average molecular weight is 288 g/mol. The Morgan fingerprint density at radius 2 is 2.00 bits per heavy atom. The summed E-state index contributed by atoms with van der Waals surface area (Å²) in [6, 6.07) is 9.08. The number of likely N-dealkylation sites (tertiary alicyclic amines) is 1. The number of nitrogens with one attached hydrogen (secondary N) is 1. The maximum atomic E-state index is 12.0. The largest absolute Gasteiger partial charge is 0.464 e. The van der Waals surface area contributed by atoms with Gasteiger partial charge < -0.3 is 10.1 Å². The zero-order valence-corrected chi connectivity index (χ0v) is 11.8. The molecular formula is C15H16N2O4. The first-order valence-corrected chi connectivity index (χ1v) is 6.51. The lowest BCUT2D eigenvalue weighted by Gasteiger charge is -2.16. The second-order valence-electron chi connectivity index (χ2n) is 4.70. The lowest BCUT2D eigenvalue weighted by Crippen LogP contribution is -2.34. The zero-order valence-electron chi connectivity index (χ0n) is 11.8. The monoisotopic (exact) mass is 288 g/mol. The van der Waals surface area contributed by atoms with Gasteiger partial charge in [0.2, 0.25) is 11.8 Å². The number of methoxy groups -OCH3 is 1. The van der Waals surface area contributed by atoms with E-state index in [2.05, 4.69) is 10.1 Å². The van der Waals surface area contributed by atoms with E-state index in [1.54, 1.807) is 19.1 Å². The van der Waals surface area contributed by atoms with Crippen molar-refractivity contribution in [2.75, 3.05) is 12.4 Å². The van der Waals surface area contributed by atoms with Gasteiger partial charge in [-0.15, -0.1) is 0 Å². The van der Waals surface area contributed by atoms with Gasteiger partial charge in [0.15, 0.2) is 5.70 Å². The number of para-hydroxylation sites is 1. The number of ether oxygens (including phenoxy) is 1. The molecule has 2 amide bonds. The molecule has 0 radical (unpaired) electrons. The van der Waals surface area contributed by atoms with E-state index in [0.717, 1.165) is 10.6 Å². The Kier molecular flexibility index (Phi) is 4.37. The van der Waals surface area contributed by atoms with Crippen molar-refractivity contribution in [1.29, 1.82) is 0 Å². The van der Waals surface area contributed by atoms with Crippen molar-refractivity contribution in [2.45, 2.75) is 13.3 Å². The standard InChI is InChI=1S/C15H16N2O4/c1-10-8-13(18)17(14(10)19)12(15(20)21-2)9-16-11-6-4-3-5-7-11/h3-7,9-10,16H,8H2,1-2H3/b12-9+. The molecule has 1 aliphatic rings. The van der Waals surface area contributed by atoms with Crippen LogP contribution < -0.4 is 5.32 Å². The number of hydrogen-bond acceptors (Lipinski definition) is 5. The predicted molar refractivity (Wildman–Crippen MR) is 75.8 cm³/mol. The molecule has 1 atom stereocenters. The number of amides is 2. The van der Waals surface area contributed by atoms with Gasteiger partial charge >= 0.3 is 5.97 Å². The molecule has 1 heterocycles. The van der Waals surface area contributed by atoms with Crippen molar-refractivity contribution in [2.24, 2.45) is 5.92 Å². The number of anilines is 1. The molecule has 6 heteroatoms. The minimum absolute atomic E-state index is 0.0957. The number of rotatable bonds is 4. The fourth-order valence-electron chi connectivity index (χ4n) is 2.04. The summed E-state index contributed by atoms with van der Waals surface area (Å²) in [6.45, 7) is 1.65. The first kappa shape index (κ1) is 14.8. The van der Waals surface area contributed by atoms with E-state index in [1.165, 1.54) is 13.3 Å². The van der Waals surface area contributed by atoms with Crippen molar-refractivity contribution in [3.05, 3.63) is 42.2 Å². The van der Waals surface area contributed by atoms with Crippen LogP contribution in [0.25, 0.3) is 0 Å². The van der Waals surface area contributed by atoms with E-state index in [1.807, 2.05) is 18.2 Å². The van der Waals surface area contributed by atoms with E-state index in [-0.39, 0.29) is 12.1 Å². The van der Waals surface area contributed by atoms with Crippen molar-refractivity contribution >= 4 is 23.5 Å². The SMILES string of the molecule is COC(=O)/C(=C\Nc1ccccc1)N1C(=O)CC(C)C1=O. The van der Waals surface area contributed by atoms with Gasteiger partial charge in [-0.2, -0.15) is 0 Å². The lowest BCUT2D eigenvalue weighted by atomic mass is 10.1. The molecule has 0 spiro atoms. The molecule has 2 rings (SSSR count). The molecule has 1 aliphatic heterocycles. The van der Waals surface area contributed by atoms with Crippen LogP contribution in [0, 0.1) is 5.92 Å². The van der Waals surface area contributed by atoms with Gasteiger partial charge in [-0.1, -0.05) is 25.1 Å². The highest BCUT2D eigenvalue weighted by Crippen LogP contribution is 2.24. The molecule has 1 aromatic rings. The number of esters is 1. The Bertz CT molecular complexity index is 595. The van der Waals surface area contributed by atoms with Gasteiger partial charge in [0, 0.05) is 24.2 Å². The summed E-state index contributed by atoms with van der Waals surface area (Å²) in [5.41, 5.74) is 0.617. The summed E-state index contributed by atoms with van der Waals surface area (Å²) in [6.07, 6.45) is 1.41. The molecule has 6 nitrogen and oxygen atoms in total. The first-order chi connectivity index (χ1) is 10.0. The van der Waals surface area contributed by atoms with Crippen molar-refractivity contribution in [3.63, 3.8) is 0 Å². The minimum atomic E-state index is -0.741. The molecule has 0 aliphatic carbocycles. The summed E-state index contributed by atoms with van der Waals surface area (Å²) < 4.78 is 4.65. The van der Waals surface area contributed by atoms with Crippen LogP contribution in [0.15, 0.2) is 42.2 Å². The summed E-state index contributed by atoms with van der Waals surface area (Å²) in [4.78, 5) is 36.6. The minimum Gasteiger partial charge on any atom is -0.464 e. The molecule has 1 N–H and O–H groups in total. The van der Waals surface area contributed by atoms with Crippen LogP contribution in [0.5, 0.6) is 0 Å². The molecule has 1 aromatic carbocycles. The third-order valence-corrected chi connectivity index (χ3v) is 3.16. The summed E-state index contributed by atoms with van der Waals surface area (Å²) in [7, 11) is 1.20. The lowest BCUT2D eigenvalue weighted by molar-refractivity contribution is -0.145.